The molecule has 0 aromatic heterocycles. The second-order valence-corrected chi connectivity index (χ2v) is 5.90. The van der Waals surface area contributed by atoms with E-state index in [9.17, 15) is 4.79 Å². The summed E-state index contributed by atoms with van der Waals surface area (Å²) in [5.74, 6) is 2.43. The highest BCUT2D eigenvalue weighted by atomic mass is 16.5. The first kappa shape index (κ1) is 13.2. The fourth-order valence-corrected chi connectivity index (χ4v) is 3.54. The summed E-state index contributed by atoms with van der Waals surface area (Å²) in [6.07, 6.45) is 8.62. The summed E-state index contributed by atoms with van der Waals surface area (Å²) in [5, 5.41) is 3.15. The highest BCUT2D eigenvalue weighted by Crippen LogP contribution is 2.44. The number of carbonyl (C=O) groups excluding carboxylic acids is 1. The van der Waals surface area contributed by atoms with E-state index in [1.165, 1.54) is 25.7 Å². The minimum absolute atomic E-state index is 0.0263. The van der Waals surface area contributed by atoms with E-state index in [4.69, 9.17) is 4.74 Å². The van der Waals surface area contributed by atoms with Gasteiger partial charge in [-0.05, 0) is 54.9 Å². The molecule has 0 aliphatic heterocycles. The Balaban J connectivity index is 1.54. The summed E-state index contributed by atoms with van der Waals surface area (Å²) >= 11 is 0. The smallest absolute Gasteiger partial charge is 0.244 e. The molecule has 3 atom stereocenters. The number of benzene rings is 1. The lowest BCUT2D eigenvalue weighted by Crippen LogP contribution is -2.37. The van der Waals surface area contributed by atoms with Crippen molar-refractivity contribution in [3.63, 3.8) is 0 Å². The first-order valence-corrected chi connectivity index (χ1v) is 7.37. The number of hydrogen-bond donors (Lipinski definition) is 1. The van der Waals surface area contributed by atoms with Gasteiger partial charge in [0.25, 0.3) is 0 Å². The third-order valence-corrected chi connectivity index (χ3v) is 4.61. The van der Waals surface area contributed by atoms with Crippen LogP contribution in [0.2, 0.25) is 0 Å². The van der Waals surface area contributed by atoms with E-state index in [1.807, 2.05) is 30.3 Å². The lowest BCUT2D eigenvalue weighted by molar-refractivity contribution is -0.117. The van der Waals surface area contributed by atoms with E-state index in [2.05, 4.69) is 5.32 Å². The Morgan fingerprint density at radius 2 is 2.05 bits per heavy atom. The number of hydrogen-bond acceptors (Lipinski definition) is 2. The van der Waals surface area contributed by atoms with E-state index < -0.39 is 0 Å². The average Bonchev–Trinajstić information content (AvgIpc) is 3.08. The Bertz CT molecular complexity index is 506. The summed E-state index contributed by atoms with van der Waals surface area (Å²) in [6.45, 7) is 0. The van der Waals surface area contributed by atoms with Crippen LogP contribution in [0.25, 0.3) is 6.08 Å². The van der Waals surface area contributed by atoms with E-state index >= 15 is 0 Å². The second kappa shape index (κ2) is 5.70. The molecule has 0 unspecified atom stereocenters. The first-order chi connectivity index (χ1) is 9.74. The van der Waals surface area contributed by atoms with Gasteiger partial charge in [-0.25, -0.2) is 0 Å². The van der Waals surface area contributed by atoms with Crippen molar-refractivity contribution >= 4 is 12.0 Å². The molecule has 2 aliphatic rings. The van der Waals surface area contributed by atoms with Crippen molar-refractivity contribution in [3.05, 3.63) is 35.9 Å². The molecular weight excluding hydrogens is 250 g/mol. The number of ether oxygens (including phenoxy) is 1. The molecule has 1 aromatic carbocycles. The van der Waals surface area contributed by atoms with Gasteiger partial charge < -0.3 is 10.1 Å². The maximum absolute atomic E-state index is 11.9. The van der Waals surface area contributed by atoms with Crippen LogP contribution in [0.1, 0.15) is 31.2 Å². The summed E-state index contributed by atoms with van der Waals surface area (Å²) in [4.78, 5) is 11.9. The number of methoxy groups -OCH3 is 1. The van der Waals surface area contributed by atoms with Crippen molar-refractivity contribution in [3.8, 4) is 5.75 Å². The first-order valence-electron chi connectivity index (χ1n) is 7.37. The molecule has 0 heterocycles. The van der Waals surface area contributed by atoms with Gasteiger partial charge in [-0.15, -0.1) is 0 Å². The highest BCUT2D eigenvalue weighted by Gasteiger charge is 2.39. The molecule has 2 fully saturated rings. The van der Waals surface area contributed by atoms with Crippen molar-refractivity contribution in [2.24, 2.45) is 11.8 Å². The zero-order valence-corrected chi connectivity index (χ0v) is 11.8. The Hall–Kier alpha value is -1.77. The predicted molar refractivity (Wildman–Crippen MR) is 79.4 cm³/mol. The summed E-state index contributed by atoms with van der Waals surface area (Å²) < 4.78 is 5.11. The minimum atomic E-state index is 0.0263. The molecule has 1 N–H and O–H groups in total. The molecule has 3 rings (SSSR count). The summed E-state index contributed by atoms with van der Waals surface area (Å²) in [6, 6.07) is 8.09. The van der Waals surface area contributed by atoms with Gasteiger partial charge in [-0.3, -0.25) is 4.79 Å². The van der Waals surface area contributed by atoms with Crippen molar-refractivity contribution in [2.75, 3.05) is 7.11 Å². The molecule has 0 radical (unpaired) electrons. The molecule has 2 bridgehead atoms. The predicted octanol–water partition coefficient (Wildman–Crippen LogP) is 3.01. The van der Waals surface area contributed by atoms with E-state index in [-0.39, 0.29) is 5.91 Å². The van der Waals surface area contributed by atoms with Crippen LogP contribution in [-0.4, -0.2) is 19.1 Å². The van der Waals surface area contributed by atoms with Crippen LogP contribution in [0, 0.1) is 11.8 Å². The normalized spacial score (nSPS) is 27.9. The second-order valence-electron chi connectivity index (χ2n) is 5.90. The number of fused-ring (bicyclic) bond motifs is 2. The van der Waals surface area contributed by atoms with Gasteiger partial charge in [0.15, 0.2) is 0 Å². The van der Waals surface area contributed by atoms with Crippen LogP contribution < -0.4 is 10.1 Å². The average molecular weight is 271 g/mol. The maximum atomic E-state index is 11.9. The van der Waals surface area contributed by atoms with Gasteiger partial charge in [0, 0.05) is 12.1 Å². The third kappa shape index (κ3) is 2.87. The van der Waals surface area contributed by atoms with Crippen molar-refractivity contribution in [2.45, 2.75) is 31.7 Å². The molecule has 2 aliphatic carbocycles. The van der Waals surface area contributed by atoms with Crippen LogP contribution in [0.3, 0.4) is 0 Å². The SMILES string of the molecule is COc1ccc(/C=C/C(=O)N[C@H]2C[C@@H]3CC[C@@H]2C3)cc1. The third-order valence-electron chi connectivity index (χ3n) is 4.61. The zero-order valence-electron chi connectivity index (χ0n) is 11.8. The molecule has 2 saturated carbocycles. The van der Waals surface area contributed by atoms with E-state index in [0.29, 0.717) is 6.04 Å². The Morgan fingerprint density at radius 1 is 1.25 bits per heavy atom. The van der Waals surface area contributed by atoms with Crippen LogP contribution in [0.15, 0.2) is 30.3 Å². The van der Waals surface area contributed by atoms with Gasteiger partial charge in [0.05, 0.1) is 7.11 Å². The summed E-state index contributed by atoms with van der Waals surface area (Å²) in [5.41, 5.74) is 1.01. The fraction of sp³-hybridized carbons (Fsp3) is 0.471. The quantitative estimate of drug-likeness (QED) is 0.855. The van der Waals surface area contributed by atoms with E-state index in [0.717, 1.165) is 23.1 Å². The van der Waals surface area contributed by atoms with Crippen LogP contribution >= 0.6 is 0 Å². The number of nitrogens with one attached hydrogen (secondary N) is 1. The van der Waals surface area contributed by atoms with Gasteiger partial charge in [-0.1, -0.05) is 18.6 Å². The van der Waals surface area contributed by atoms with Crippen LogP contribution in [0.4, 0.5) is 0 Å². The van der Waals surface area contributed by atoms with Gasteiger partial charge in [0.1, 0.15) is 5.75 Å². The maximum Gasteiger partial charge on any atom is 0.244 e. The van der Waals surface area contributed by atoms with E-state index in [1.54, 1.807) is 13.2 Å². The number of carbonyl (C=O) groups is 1. The molecule has 0 spiro atoms. The molecule has 0 saturated heterocycles. The van der Waals surface area contributed by atoms with Crippen LogP contribution in [0.5, 0.6) is 5.75 Å². The van der Waals surface area contributed by atoms with Crippen molar-refractivity contribution < 1.29 is 9.53 Å². The molecule has 106 valence electrons. The standard InChI is InChI=1S/C17H21NO2/c1-20-15-7-3-12(4-8-15)5-9-17(19)18-16-11-13-2-6-14(16)10-13/h3-5,7-9,13-14,16H,2,6,10-11H2,1H3,(H,18,19)/b9-5+/t13-,14-,16+/m1/s1. The van der Waals surface area contributed by atoms with Crippen LogP contribution in [-0.2, 0) is 4.79 Å². The van der Waals surface area contributed by atoms with Crippen molar-refractivity contribution in [1.82, 2.24) is 5.32 Å². The monoisotopic (exact) mass is 271 g/mol. The molecule has 1 amide bonds. The molecule has 20 heavy (non-hydrogen) atoms. The number of amides is 1. The molecule has 1 aromatic rings. The minimum Gasteiger partial charge on any atom is -0.497 e. The molecular formula is C17H21NO2. The lowest BCUT2D eigenvalue weighted by atomic mass is 9.95. The van der Waals surface area contributed by atoms with Gasteiger partial charge >= 0.3 is 0 Å². The topological polar surface area (TPSA) is 38.3 Å². The van der Waals surface area contributed by atoms with Crippen molar-refractivity contribution in [1.29, 1.82) is 0 Å². The largest absolute Gasteiger partial charge is 0.497 e. The Kier molecular flexibility index (Phi) is 3.77. The molecule has 3 nitrogen and oxygen atoms in total. The van der Waals surface area contributed by atoms with Gasteiger partial charge in [0.2, 0.25) is 5.91 Å². The van der Waals surface area contributed by atoms with Gasteiger partial charge in [-0.2, -0.15) is 0 Å². The Labute approximate surface area is 120 Å². The zero-order chi connectivity index (χ0) is 13.9. The Morgan fingerprint density at radius 3 is 2.65 bits per heavy atom. The molecule has 3 heteroatoms. The number of rotatable bonds is 4. The lowest BCUT2D eigenvalue weighted by Gasteiger charge is -2.22. The highest BCUT2D eigenvalue weighted by molar-refractivity contribution is 5.91. The fourth-order valence-electron chi connectivity index (χ4n) is 3.54. The summed E-state index contributed by atoms with van der Waals surface area (Å²) in [7, 11) is 1.65.